The number of thiophene rings is 1. The van der Waals surface area contributed by atoms with Gasteiger partial charge in [0.15, 0.2) is 4.83 Å². The molecule has 7 nitrogen and oxygen atoms in total. The summed E-state index contributed by atoms with van der Waals surface area (Å²) in [6.45, 7) is 2.05. The van der Waals surface area contributed by atoms with Crippen LogP contribution in [-0.2, 0) is 24.2 Å². The fraction of sp³-hybridized carbons (Fsp3) is 0.368. The second kappa shape index (κ2) is 7.11. The maximum atomic E-state index is 12.9. The van der Waals surface area contributed by atoms with Crippen LogP contribution in [0.4, 0.5) is 5.69 Å². The summed E-state index contributed by atoms with van der Waals surface area (Å²) < 4.78 is 6.24. The van der Waals surface area contributed by atoms with Gasteiger partial charge in [0.25, 0.3) is 5.56 Å². The van der Waals surface area contributed by atoms with Gasteiger partial charge in [-0.3, -0.25) is 9.59 Å². The number of anilines is 1. The molecular weight excluding hydrogens is 364 g/mol. The standard InChI is InChI=1S/C19H20N4O3S/c1-11-3-8-14-15(9-11)27-18-17(14)19(25)23(22-21-18)10-16(24)20-12-4-6-13(26-2)7-5-12/h4-7,11H,3,8-10H2,1-2H3,(H,20,24)/t11-/m1/s1. The van der Waals surface area contributed by atoms with E-state index in [1.165, 1.54) is 4.88 Å². The van der Waals surface area contributed by atoms with Gasteiger partial charge < -0.3 is 10.1 Å². The molecule has 1 aliphatic carbocycles. The van der Waals surface area contributed by atoms with Crippen molar-refractivity contribution in [3.63, 3.8) is 0 Å². The van der Waals surface area contributed by atoms with Crippen molar-refractivity contribution in [3.8, 4) is 5.75 Å². The number of benzene rings is 1. The molecule has 4 rings (SSSR count). The summed E-state index contributed by atoms with van der Waals surface area (Å²) in [5.41, 5.74) is 1.49. The molecule has 27 heavy (non-hydrogen) atoms. The fourth-order valence-corrected chi connectivity index (χ4v) is 4.72. The van der Waals surface area contributed by atoms with E-state index >= 15 is 0 Å². The number of carbonyl (C=O) groups excluding carboxylic acids is 1. The minimum Gasteiger partial charge on any atom is -0.497 e. The van der Waals surface area contributed by atoms with E-state index in [9.17, 15) is 9.59 Å². The Bertz CT molecular complexity index is 1060. The summed E-state index contributed by atoms with van der Waals surface area (Å²) in [4.78, 5) is 27.1. The Kier molecular flexibility index (Phi) is 4.65. The molecule has 0 spiro atoms. The van der Waals surface area contributed by atoms with Crippen molar-refractivity contribution in [1.82, 2.24) is 15.0 Å². The van der Waals surface area contributed by atoms with Crippen molar-refractivity contribution in [1.29, 1.82) is 0 Å². The zero-order chi connectivity index (χ0) is 19.0. The van der Waals surface area contributed by atoms with Gasteiger partial charge in [-0.25, -0.2) is 4.68 Å². The molecule has 140 valence electrons. The van der Waals surface area contributed by atoms with Gasteiger partial charge in [0.2, 0.25) is 5.91 Å². The number of aromatic nitrogens is 3. The van der Waals surface area contributed by atoms with Gasteiger partial charge in [0.05, 0.1) is 12.5 Å². The lowest BCUT2D eigenvalue weighted by atomic mass is 9.89. The van der Waals surface area contributed by atoms with Gasteiger partial charge in [0.1, 0.15) is 12.3 Å². The normalized spacial score (nSPS) is 16.1. The third-order valence-corrected chi connectivity index (χ3v) is 5.99. The first kappa shape index (κ1) is 17.7. The van der Waals surface area contributed by atoms with E-state index in [-0.39, 0.29) is 18.0 Å². The van der Waals surface area contributed by atoms with Gasteiger partial charge in [-0.05, 0) is 55.0 Å². The number of amides is 1. The summed E-state index contributed by atoms with van der Waals surface area (Å²) in [6, 6.07) is 6.99. The first-order valence-corrected chi connectivity index (χ1v) is 9.68. The number of fused-ring (bicyclic) bond motifs is 3. The average Bonchev–Trinajstić information content (AvgIpc) is 3.02. The summed E-state index contributed by atoms with van der Waals surface area (Å²) >= 11 is 1.55. The average molecular weight is 384 g/mol. The maximum absolute atomic E-state index is 12.9. The minimum absolute atomic E-state index is 0.172. The molecule has 2 heterocycles. The van der Waals surface area contributed by atoms with E-state index in [1.807, 2.05) is 0 Å². The summed E-state index contributed by atoms with van der Waals surface area (Å²) in [5, 5.41) is 11.5. The maximum Gasteiger partial charge on any atom is 0.279 e. The lowest BCUT2D eigenvalue weighted by molar-refractivity contribution is -0.117. The van der Waals surface area contributed by atoms with Crippen LogP contribution in [0.2, 0.25) is 0 Å². The molecule has 1 N–H and O–H groups in total. The van der Waals surface area contributed by atoms with Crippen LogP contribution in [0.25, 0.3) is 10.2 Å². The van der Waals surface area contributed by atoms with Crippen molar-refractivity contribution in [3.05, 3.63) is 45.1 Å². The van der Waals surface area contributed by atoms with Gasteiger partial charge in [-0.2, -0.15) is 0 Å². The number of methoxy groups -OCH3 is 1. The Balaban J connectivity index is 1.57. The Labute approximate surface area is 160 Å². The number of hydrogen-bond acceptors (Lipinski definition) is 6. The van der Waals surface area contributed by atoms with Crippen molar-refractivity contribution in [2.45, 2.75) is 32.7 Å². The Morgan fingerprint density at radius 1 is 1.37 bits per heavy atom. The SMILES string of the molecule is COc1ccc(NC(=O)Cn2nnc3sc4c(c3c2=O)CC[C@@H](C)C4)cc1. The number of rotatable bonds is 4. The predicted molar refractivity (Wildman–Crippen MR) is 104 cm³/mol. The molecule has 0 unspecified atom stereocenters. The number of ether oxygens (including phenoxy) is 1. The highest BCUT2D eigenvalue weighted by atomic mass is 32.1. The fourth-order valence-electron chi connectivity index (χ4n) is 3.41. The molecule has 1 atom stereocenters. The molecule has 0 saturated carbocycles. The molecule has 2 aromatic heterocycles. The second-order valence-electron chi connectivity index (χ2n) is 6.86. The van der Waals surface area contributed by atoms with E-state index in [1.54, 1.807) is 42.7 Å². The molecule has 8 heteroatoms. The molecule has 3 aromatic rings. The first-order valence-electron chi connectivity index (χ1n) is 8.87. The molecule has 1 aromatic carbocycles. The Hall–Kier alpha value is -2.74. The van der Waals surface area contributed by atoms with Crippen LogP contribution in [0.5, 0.6) is 5.75 Å². The number of aryl methyl sites for hydroxylation is 1. The molecule has 0 radical (unpaired) electrons. The predicted octanol–water partition coefficient (Wildman–Crippen LogP) is 2.63. The highest BCUT2D eigenvalue weighted by molar-refractivity contribution is 7.18. The van der Waals surface area contributed by atoms with Gasteiger partial charge in [0, 0.05) is 10.6 Å². The van der Waals surface area contributed by atoms with Crippen LogP contribution >= 0.6 is 11.3 Å². The molecule has 0 aliphatic heterocycles. The van der Waals surface area contributed by atoms with Crippen LogP contribution in [-0.4, -0.2) is 28.0 Å². The van der Waals surface area contributed by atoms with E-state index in [2.05, 4.69) is 22.6 Å². The van der Waals surface area contributed by atoms with Gasteiger partial charge in [-0.1, -0.05) is 12.1 Å². The van der Waals surface area contributed by atoms with Gasteiger partial charge in [-0.15, -0.1) is 16.4 Å². The lowest BCUT2D eigenvalue weighted by Crippen LogP contribution is -2.30. The second-order valence-corrected chi connectivity index (χ2v) is 7.94. The quantitative estimate of drug-likeness (QED) is 0.747. The van der Waals surface area contributed by atoms with Crippen LogP contribution in [0, 0.1) is 5.92 Å². The van der Waals surface area contributed by atoms with Crippen molar-refractivity contribution in [2.24, 2.45) is 5.92 Å². The largest absolute Gasteiger partial charge is 0.497 e. The highest BCUT2D eigenvalue weighted by Gasteiger charge is 2.24. The number of carbonyl (C=O) groups is 1. The number of nitrogens with one attached hydrogen (secondary N) is 1. The minimum atomic E-state index is -0.325. The summed E-state index contributed by atoms with van der Waals surface area (Å²) in [6.07, 6.45) is 2.93. The molecule has 0 bridgehead atoms. The van der Waals surface area contributed by atoms with E-state index < -0.39 is 0 Å². The first-order chi connectivity index (χ1) is 13.0. The zero-order valence-corrected chi connectivity index (χ0v) is 16.0. The van der Waals surface area contributed by atoms with Crippen molar-refractivity contribution < 1.29 is 9.53 Å². The van der Waals surface area contributed by atoms with Crippen LogP contribution in [0.1, 0.15) is 23.8 Å². The smallest absolute Gasteiger partial charge is 0.279 e. The van der Waals surface area contributed by atoms with Gasteiger partial charge >= 0.3 is 0 Å². The number of nitrogens with zero attached hydrogens (tertiary/aromatic N) is 3. The number of hydrogen-bond donors (Lipinski definition) is 1. The molecule has 1 amide bonds. The van der Waals surface area contributed by atoms with Crippen LogP contribution < -0.4 is 15.6 Å². The van der Waals surface area contributed by atoms with Crippen LogP contribution in [0.3, 0.4) is 0 Å². The lowest BCUT2D eigenvalue weighted by Gasteiger charge is -2.17. The molecule has 0 saturated heterocycles. The third-order valence-electron chi connectivity index (χ3n) is 4.85. The van der Waals surface area contributed by atoms with Crippen LogP contribution in [0.15, 0.2) is 29.1 Å². The summed E-state index contributed by atoms with van der Waals surface area (Å²) in [5.74, 6) is 1.00. The summed E-state index contributed by atoms with van der Waals surface area (Å²) in [7, 11) is 1.58. The zero-order valence-electron chi connectivity index (χ0n) is 15.2. The van der Waals surface area contributed by atoms with E-state index in [0.29, 0.717) is 27.6 Å². The Morgan fingerprint density at radius 2 is 2.15 bits per heavy atom. The molecular formula is C19H20N4O3S. The van der Waals surface area contributed by atoms with E-state index in [0.717, 1.165) is 29.5 Å². The molecule has 1 aliphatic rings. The topological polar surface area (TPSA) is 86.1 Å². The monoisotopic (exact) mass is 384 g/mol. The highest BCUT2D eigenvalue weighted by Crippen LogP contribution is 2.35. The van der Waals surface area contributed by atoms with Crippen molar-refractivity contribution in [2.75, 3.05) is 12.4 Å². The third kappa shape index (κ3) is 3.44. The Morgan fingerprint density at radius 3 is 2.89 bits per heavy atom. The molecule has 0 fully saturated rings. The van der Waals surface area contributed by atoms with E-state index in [4.69, 9.17) is 4.74 Å². The van der Waals surface area contributed by atoms with Crippen molar-refractivity contribution >= 4 is 33.1 Å².